The number of nitrogens with zero attached hydrogens (tertiary/aromatic N) is 3. The molecule has 0 radical (unpaired) electrons. The number of rotatable bonds is 7. The van der Waals surface area contributed by atoms with Crippen molar-refractivity contribution in [2.75, 3.05) is 45.9 Å². The Labute approximate surface area is 197 Å². The minimum Gasteiger partial charge on any atom is -0.494 e. The number of thiocarbonyl (C=S) groups is 1. The first kappa shape index (κ1) is 24.1. The van der Waals surface area contributed by atoms with Gasteiger partial charge in [0.1, 0.15) is 10.1 Å². The highest BCUT2D eigenvalue weighted by atomic mass is 32.2. The van der Waals surface area contributed by atoms with Crippen LogP contribution in [0.3, 0.4) is 0 Å². The van der Waals surface area contributed by atoms with E-state index in [0.29, 0.717) is 48.6 Å². The van der Waals surface area contributed by atoms with E-state index in [4.69, 9.17) is 21.7 Å². The summed E-state index contributed by atoms with van der Waals surface area (Å²) in [6, 6.07) is 7.49. The predicted molar refractivity (Wildman–Crippen MR) is 127 cm³/mol. The molecular weight excluding hydrogens is 450 g/mol. The summed E-state index contributed by atoms with van der Waals surface area (Å²) in [4.78, 5) is 42.5. The Morgan fingerprint density at radius 1 is 1.06 bits per heavy atom. The molecule has 2 aliphatic rings. The van der Waals surface area contributed by atoms with Gasteiger partial charge < -0.3 is 19.3 Å². The van der Waals surface area contributed by atoms with Gasteiger partial charge in [-0.1, -0.05) is 36.1 Å². The van der Waals surface area contributed by atoms with Crippen LogP contribution in [0.4, 0.5) is 4.79 Å². The van der Waals surface area contributed by atoms with E-state index in [-0.39, 0.29) is 30.9 Å². The summed E-state index contributed by atoms with van der Waals surface area (Å²) < 4.78 is 10.9. The largest absolute Gasteiger partial charge is 0.494 e. The highest BCUT2D eigenvalue weighted by Gasteiger charge is 2.33. The highest BCUT2D eigenvalue weighted by Crippen LogP contribution is 2.33. The van der Waals surface area contributed by atoms with E-state index in [2.05, 4.69) is 0 Å². The fourth-order valence-corrected chi connectivity index (χ4v) is 4.70. The van der Waals surface area contributed by atoms with Crippen molar-refractivity contribution < 1.29 is 23.9 Å². The van der Waals surface area contributed by atoms with Crippen LogP contribution in [-0.2, 0) is 14.3 Å². The van der Waals surface area contributed by atoms with Crippen LogP contribution in [0.2, 0.25) is 0 Å². The third-order valence-corrected chi connectivity index (χ3v) is 6.45. The summed E-state index contributed by atoms with van der Waals surface area (Å²) >= 11 is 6.61. The fraction of sp³-hybridized carbons (Fsp3) is 0.455. The van der Waals surface area contributed by atoms with Crippen LogP contribution >= 0.6 is 24.0 Å². The summed E-state index contributed by atoms with van der Waals surface area (Å²) in [6.45, 7) is 6.63. The van der Waals surface area contributed by atoms with Gasteiger partial charge in [-0.25, -0.2) is 4.79 Å². The Kier molecular flexibility index (Phi) is 8.52. The van der Waals surface area contributed by atoms with Crippen molar-refractivity contribution in [1.29, 1.82) is 0 Å². The number of thioether (sulfide) groups is 1. The van der Waals surface area contributed by atoms with Gasteiger partial charge in [0.15, 0.2) is 0 Å². The second-order valence-electron chi connectivity index (χ2n) is 7.15. The minimum absolute atomic E-state index is 0.0574. The molecule has 10 heteroatoms. The van der Waals surface area contributed by atoms with Crippen LogP contribution in [0, 0.1) is 0 Å². The Bertz CT molecular complexity index is 895. The highest BCUT2D eigenvalue weighted by molar-refractivity contribution is 8.26. The monoisotopic (exact) mass is 477 g/mol. The molecule has 0 N–H and O–H groups in total. The van der Waals surface area contributed by atoms with Gasteiger partial charge >= 0.3 is 6.09 Å². The molecule has 0 unspecified atom stereocenters. The van der Waals surface area contributed by atoms with Crippen molar-refractivity contribution in [3.8, 4) is 5.75 Å². The van der Waals surface area contributed by atoms with Gasteiger partial charge in [-0.2, -0.15) is 0 Å². The van der Waals surface area contributed by atoms with Gasteiger partial charge in [-0.3, -0.25) is 14.5 Å². The summed E-state index contributed by atoms with van der Waals surface area (Å²) in [5.41, 5.74) is 0.879. The zero-order valence-corrected chi connectivity index (χ0v) is 19.9. The lowest BCUT2D eigenvalue weighted by Crippen LogP contribution is -2.51. The van der Waals surface area contributed by atoms with Crippen molar-refractivity contribution in [3.05, 3.63) is 34.7 Å². The molecule has 0 spiro atoms. The Morgan fingerprint density at radius 3 is 2.34 bits per heavy atom. The maximum atomic E-state index is 12.8. The first-order chi connectivity index (χ1) is 15.4. The van der Waals surface area contributed by atoms with Crippen molar-refractivity contribution in [1.82, 2.24) is 14.7 Å². The molecular formula is C22H27N3O5S2. The van der Waals surface area contributed by atoms with E-state index in [1.54, 1.807) is 22.8 Å². The molecule has 0 atom stereocenters. The lowest BCUT2D eigenvalue weighted by Gasteiger charge is -2.34. The fourth-order valence-electron chi connectivity index (χ4n) is 3.39. The lowest BCUT2D eigenvalue weighted by atomic mass is 10.2. The van der Waals surface area contributed by atoms with Crippen LogP contribution in [0.1, 0.15) is 25.8 Å². The topological polar surface area (TPSA) is 79.4 Å². The molecule has 32 heavy (non-hydrogen) atoms. The van der Waals surface area contributed by atoms with Gasteiger partial charge in [0.2, 0.25) is 5.91 Å². The zero-order chi connectivity index (χ0) is 23.1. The predicted octanol–water partition coefficient (Wildman–Crippen LogP) is 2.98. The van der Waals surface area contributed by atoms with Gasteiger partial charge in [-0.15, -0.1) is 0 Å². The summed E-state index contributed by atoms with van der Waals surface area (Å²) in [7, 11) is 0. The second kappa shape index (κ2) is 11.3. The number of carbonyl (C=O) groups is 3. The third kappa shape index (κ3) is 6.01. The smallest absolute Gasteiger partial charge is 0.409 e. The number of carbonyl (C=O) groups excluding carboxylic acids is 3. The van der Waals surface area contributed by atoms with E-state index < -0.39 is 0 Å². The van der Waals surface area contributed by atoms with Crippen molar-refractivity contribution >= 4 is 52.3 Å². The lowest BCUT2D eigenvalue weighted by molar-refractivity contribution is -0.133. The molecule has 3 amide bonds. The first-order valence-electron chi connectivity index (χ1n) is 10.6. The van der Waals surface area contributed by atoms with Crippen molar-refractivity contribution in [3.63, 3.8) is 0 Å². The third-order valence-electron chi connectivity index (χ3n) is 5.07. The van der Waals surface area contributed by atoms with Crippen LogP contribution < -0.4 is 4.74 Å². The molecule has 1 aromatic carbocycles. The van der Waals surface area contributed by atoms with Gasteiger partial charge in [-0.05, 0) is 37.6 Å². The Morgan fingerprint density at radius 2 is 1.72 bits per heavy atom. The van der Waals surface area contributed by atoms with Gasteiger partial charge in [0.05, 0.1) is 18.1 Å². The standard InChI is InChI=1S/C22H27N3O5S2/c1-3-29-17-7-5-16(6-8-17)15-18-20(27)25(22(31)32-18)10-9-19(26)23-11-13-24(14-12-23)21(28)30-4-2/h5-8,15H,3-4,9-14H2,1-2H3. The zero-order valence-electron chi connectivity index (χ0n) is 18.2. The molecule has 0 bridgehead atoms. The Hall–Kier alpha value is -2.59. The molecule has 2 heterocycles. The Balaban J connectivity index is 1.51. The number of amides is 3. The van der Waals surface area contributed by atoms with Gasteiger partial charge in [0.25, 0.3) is 5.91 Å². The van der Waals surface area contributed by atoms with Crippen LogP contribution in [0.15, 0.2) is 29.2 Å². The summed E-state index contributed by atoms with van der Waals surface area (Å²) in [6.07, 6.45) is 1.63. The maximum absolute atomic E-state index is 12.8. The molecule has 2 saturated heterocycles. The molecule has 172 valence electrons. The van der Waals surface area contributed by atoms with E-state index in [1.807, 2.05) is 31.2 Å². The van der Waals surface area contributed by atoms with Crippen molar-refractivity contribution in [2.45, 2.75) is 20.3 Å². The number of hydrogen-bond acceptors (Lipinski definition) is 7. The average Bonchev–Trinajstić information content (AvgIpc) is 3.06. The second-order valence-corrected chi connectivity index (χ2v) is 8.83. The number of benzene rings is 1. The maximum Gasteiger partial charge on any atom is 0.409 e. The molecule has 0 aromatic heterocycles. The molecule has 8 nitrogen and oxygen atoms in total. The minimum atomic E-state index is -0.350. The van der Waals surface area contributed by atoms with E-state index in [9.17, 15) is 14.4 Å². The molecule has 3 rings (SSSR count). The molecule has 1 aromatic rings. The van der Waals surface area contributed by atoms with Crippen molar-refractivity contribution in [2.24, 2.45) is 0 Å². The number of hydrogen-bond donors (Lipinski definition) is 0. The van der Waals surface area contributed by atoms with E-state index in [0.717, 1.165) is 11.3 Å². The SMILES string of the molecule is CCOC(=O)N1CCN(C(=O)CCN2C(=O)C(=Cc3ccc(OCC)cc3)SC2=S)CC1. The normalized spacial score (nSPS) is 17.8. The van der Waals surface area contributed by atoms with E-state index >= 15 is 0 Å². The van der Waals surface area contributed by atoms with Crippen LogP contribution in [-0.4, -0.2) is 82.9 Å². The van der Waals surface area contributed by atoms with Crippen LogP contribution in [0.5, 0.6) is 5.75 Å². The summed E-state index contributed by atoms with van der Waals surface area (Å²) in [5, 5.41) is 0. The molecule has 0 saturated carbocycles. The van der Waals surface area contributed by atoms with Gasteiger partial charge in [0, 0.05) is 39.1 Å². The van der Waals surface area contributed by atoms with Crippen LogP contribution in [0.25, 0.3) is 6.08 Å². The van der Waals surface area contributed by atoms with E-state index in [1.165, 1.54) is 16.7 Å². The molecule has 2 aliphatic heterocycles. The molecule has 0 aliphatic carbocycles. The first-order valence-corrected chi connectivity index (χ1v) is 11.8. The average molecular weight is 478 g/mol. The quantitative estimate of drug-likeness (QED) is 0.441. The number of piperazine rings is 1. The summed E-state index contributed by atoms with van der Waals surface area (Å²) in [5.74, 6) is 0.533. The number of ether oxygens (including phenoxy) is 2. The molecule has 2 fully saturated rings.